The zero-order chi connectivity index (χ0) is 20.4. The van der Waals surface area contributed by atoms with Crippen molar-refractivity contribution < 1.29 is 14.3 Å². The number of ether oxygens (including phenoxy) is 1. The number of amides is 2. The maximum atomic E-state index is 12.9. The number of hydrogen-bond acceptors (Lipinski definition) is 3. The molecular formula is C24H34N2O3. The molecule has 1 spiro atoms. The van der Waals surface area contributed by atoms with Gasteiger partial charge in [-0.15, -0.1) is 0 Å². The molecule has 3 aliphatic heterocycles. The van der Waals surface area contributed by atoms with Gasteiger partial charge in [-0.25, -0.2) is 0 Å². The summed E-state index contributed by atoms with van der Waals surface area (Å²) in [5.41, 5.74) is 0.919. The third kappa shape index (κ3) is 4.44. The maximum absolute atomic E-state index is 12.9. The predicted molar refractivity (Wildman–Crippen MR) is 113 cm³/mol. The zero-order valence-electron chi connectivity index (χ0n) is 17.9. The summed E-state index contributed by atoms with van der Waals surface area (Å²) in [6.45, 7) is 7.49. The molecule has 0 radical (unpaired) electrons. The van der Waals surface area contributed by atoms with Crippen LogP contribution in [0.1, 0.15) is 70.3 Å². The summed E-state index contributed by atoms with van der Waals surface area (Å²) in [4.78, 5) is 29.4. The quantitative estimate of drug-likeness (QED) is 0.771. The van der Waals surface area contributed by atoms with E-state index in [-0.39, 0.29) is 23.3 Å². The van der Waals surface area contributed by atoms with Gasteiger partial charge in [0.25, 0.3) is 0 Å². The van der Waals surface area contributed by atoms with Crippen LogP contribution < -0.4 is 4.74 Å². The second kappa shape index (κ2) is 8.37. The van der Waals surface area contributed by atoms with Crippen LogP contribution in [0, 0.1) is 5.92 Å². The molecule has 0 bridgehead atoms. The Labute approximate surface area is 174 Å². The van der Waals surface area contributed by atoms with Gasteiger partial charge in [-0.1, -0.05) is 32.0 Å². The Bertz CT molecular complexity index is 746. The third-order valence-corrected chi connectivity index (χ3v) is 6.79. The van der Waals surface area contributed by atoms with Crippen molar-refractivity contribution in [2.24, 2.45) is 5.92 Å². The number of rotatable bonds is 4. The van der Waals surface area contributed by atoms with E-state index < -0.39 is 0 Å². The van der Waals surface area contributed by atoms with Crippen LogP contribution in [0.25, 0.3) is 0 Å². The summed E-state index contributed by atoms with van der Waals surface area (Å²) >= 11 is 0. The first-order chi connectivity index (χ1) is 14.0. The molecule has 0 N–H and O–H groups in total. The summed E-state index contributed by atoms with van der Waals surface area (Å²) in [5, 5.41) is 0. The van der Waals surface area contributed by atoms with Crippen molar-refractivity contribution in [1.82, 2.24) is 9.80 Å². The van der Waals surface area contributed by atoms with Gasteiger partial charge in [0.05, 0.1) is 0 Å². The Kier molecular flexibility index (Phi) is 5.84. The van der Waals surface area contributed by atoms with Crippen LogP contribution in [-0.4, -0.2) is 53.4 Å². The van der Waals surface area contributed by atoms with Gasteiger partial charge >= 0.3 is 0 Å². The van der Waals surface area contributed by atoms with Gasteiger partial charge in [0, 0.05) is 57.8 Å². The molecule has 2 fully saturated rings. The lowest BCUT2D eigenvalue weighted by Gasteiger charge is -2.47. The summed E-state index contributed by atoms with van der Waals surface area (Å²) in [7, 11) is 0. The third-order valence-electron chi connectivity index (χ3n) is 6.79. The molecule has 5 heteroatoms. The van der Waals surface area contributed by atoms with Gasteiger partial charge in [0.1, 0.15) is 11.4 Å². The van der Waals surface area contributed by atoms with E-state index in [9.17, 15) is 9.59 Å². The molecular weight excluding hydrogens is 364 g/mol. The van der Waals surface area contributed by atoms with Gasteiger partial charge in [-0.05, 0) is 36.8 Å². The van der Waals surface area contributed by atoms with Crippen molar-refractivity contribution >= 4 is 11.8 Å². The highest BCUT2D eigenvalue weighted by Crippen LogP contribution is 2.46. The van der Waals surface area contributed by atoms with Gasteiger partial charge in [-0.2, -0.15) is 0 Å². The minimum Gasteiger partial charge on any atom is -0.487 e. The molecule has 3 heterocycles. The van der Waals surface area contributed by atoms with Crippen molar-refractivity contribution in [3.8, 4) is 5.75 Å². The molecule has 158 valence electrons. The fourth-order valence-corrected chi connectivity index (χ4v) is 5.18. The highest BCUT2D eigenvalue weighted by atomic mass is 16.5. The van der Waals surface area contributed by atoms with Crippen molar-refractivity contribution in [2.75, 3.05) is 26.2 Å². The first-order valence-corrected chi connectivity index (χ1v) is 11.3. The van der Waals surface area contributed by atoms with E-state index in [1.165, 1.54) is 5.56 Å². The molecule has 0 aromatic heterocycles. The molecule has 1 unspecified atom stereocenters. The number of para-hydroxylation sites is 1. The Morgan fingerprint density at radius 3 is 2.38 bits per heavy atom. The highest BCUT2D eigenvalue weighted by molar-refractivity contribution is 5.78. The normalized spacial score (nSPS) is 23.2. The van der Waals surface area contributed by atoms with E-state index in [4.69, 9.17) is 4.74 Å². The fraction of sp³-hybridized carbons (Fsp3) is 0.667. The maximum Gasteiger partial charge on any atom is 0.223 e. The topological polar surface area (TPSA) is 49.9 Å². The van der Waals surface area contributed by atoms with Crippen molar-refractivity contribution in [3.63, 3.8) is 0 Å². The summed E-state index contributed by atoms with van der Waals surface area (Å²) < 4.78 is 6.54. The van der Waals surface area contributed by atoms with Crippen LogP contribution in [0.4, 0.5) is 0 Å². The van der Waals surface area contributed by atoms with Crippen LogP contribution >= 0.6 is 0 Å². The average Bonchev–Trinajstić information content (AvgIpc) is 3.23. The Morgan fingerprint density at radius 2 is 1.69 bits per heavy atom. The van der Waals surface area contributed by atoms with Crippen LogP contribution in [0.15, 0.2) is 24.3 Å². The molecule has 3 aliphatic rings. The molecule has 2 amide bonds. The molecule has 2 saturated heterocycles. The second-order valence-corrected chi connectivity index (χ2v) is 9.49. The largest absolute Gasteiger partial charge is 0.487 e. The van der Waals surface area contributed by atoms with E-state index in [2.05, 4.69) is 19.9 Å². The van der Waals surface area contributed by atoms with Gasteiger partial charge in [0.2, 0.25) is 11.8 Å². The van der Waals surface area contributed by atoms with Gasteiger partial charge in [0.15, 0.2) is 0 Å². The first-order valence-electron chi connectivity index (χ1n) is 11.3. The number of hydrogen-bond donors (Lipinski definition) is 0. The van der Waals surface area contributed by atoms with Crippen LogP contribution in [0.3, 0.4) is 0 Å². The molecule has 0 aliphatic carbocycles. The highest BCUT2D eigenvalue weighted by Gasteiger charge is 2.44. The smallest absolute Gasteiger partial charge is 0.223 e. The van der Waals surface area contributed by atoms with Crippen molar-refractivity contribution in [3.05, 3.63) is 29.8 Å². The molecule has 1 aromatic carbocycles. The van der Waals surface area contributed by atoms with Crippen LogP contribution in [0.2, 0.25) is 0 Å². The Balaban J connectivity index is 1.47. The number of benzene rings is 1. The zero-order valence-corrected chi connectivity index (χ0v) is 17.9. The van der Waals surface area contributed by atoms with Crippen LogP contribution in [-0.2, 0) is 9.59 Å². The number of carbonyl (C=O) groups excluding carboxylic acids is 2. The lowest BCUT2D eigenvalue weighted by Crippen LogP contribution is -2.52. The van der Waals surface area contributed by atoms with E-state index in [1.807, 2.05) is 28.0 Å². The summed E-state index contributed by atoms with van der Waals surface area (Å²) in [5.74, 6) is 2.05. The van der Waals surface area contributed by atoms with Gasteiger partial charge < -0.3 is 14.5 Å². The average molecular weight is 399 g/mol. The Morgan fingerprint density at radius 1 is 1.03 bits per heavy atom. The number of nitrogens with zero attached hydrogens (tertiary/aromatic N) is 2. The standard InChI is InChI=1S/C24H34N2O3/c1-18(2)15-22(27)26-13-9-24(10-14-26)17-19(16-23(28)25-11-5-6-12-25)20-7-3-4-8-21(20)29-24/h3-4,7-8,18-19H,5-6,9-17H2,1-2H3. The predicted octanol–water partition coefficient (Wildman–Crippen LogP) is 3.97. The van der Waals surface area contributed by atoms with E-state index >= 15 is 0 Å². The minimum atomic E-state index is -0.251. The molecule has 4 rings (SSSR count). The minimum absolute atomic E-state index is 0.200. The van der Waals surface area contributed by atoms with E-state index in [1.54, 1.807) is 0 Å². The van der Waals surface area contributed by atoms with Gasteiger partial charge in [-0.3, -0.25) is 9.59 Å². The number of piperidine rings is 1. The lowest BCUT2D eigenvalue weighted by molar-refractivity contribution is -0.136. The number of fused-ring (bicyclic) bond motifs is 1. The Hall–Kier alpha value is -2.04. The van der Waals surface area contributed by atoms with Crippen molar-refractivity contribution in [1.29, 1.82) is 0 Å². The van der Waals surface area contributed by atoms with Crippen LogP contribution in [0.5, 0.6) is 5.75 Å². The second-order valence-electron chi connectivity index (χ2n) is 9.49. The lowest BCUT2D eigenvalue weighted by atomic mass is 9.76. The van der Waals surface area contributed by atoms with E-state index in [0.29, 0.717) is 18.8 Å². The summed E-state index contributed by atoms with van der Waals surface area (Å²) in [6.07, 6.45) is 6.00. The first kappa shape index (κ1) is 20.2. The molecule has 1 atom stereocenters. The monoisotopic (exact) mass is 398 g/mol. The number of likely N-dealkylation sites (tertiary alicyclic amines) is 2. The van der Waals surface area contributed by atoms with E-state index in [0.717, 1.165) is 64.0 Å². The van der Waals surface area contributed by atoms with Crippen molar-refractivity contribution in [2.45, 2.75) is 70.3 Å². The molecule has 5 nitrogen and oxygen atoms in total. The SMILES string of the molecule is CC(C)CC(=O)N1CCC2(CC1)CC(CC(=O)N1CCCC1)c1ccccc1O2. The summed E-state index contributed by atoms with van der Waals surface area (Å²) in [6, 6.07) is 8.21. The molecule has 1 aromatic rings. The number of carbonyl (C=O) groups is 2. The molecule has 29 heavy (non-hydrogen) atoms. The fourth-order valence-electron chi connectivity index (χ4n) is 5.18. The molecule has 0 saturated carbocycles.